The zero-order chi connectivity index (χ0) is 16.2. The Bertz CT molecular complexity index is 882. The van der Waals surface area contributed by atoms with E-state index in [2.05, 4.69) is 82.3 Å². The second-order valence-corrected chi connectivity index (χ2v) is 7.32. The average Bonchev–Trinajstić information content (AvgIpc) is 2.74. The van der Waals surface area contributed by atoms with Crippen molar-refractivity contribution in [2.45, 2.75) is 38.9 Å². The minimum Gasteiger partial charge on any atom is -0.399 e. The molecule has 0 aromatic heterocycles. The molecule has 4 rings (SSSR count). The van der Waals surface area contributed by atoms with Crippen LogP contribution in [0.5, 0.6) is 0 Å². The van der Waals surface area contributed by atoms with E-state index < -0.39 is 0 Å². The van der Waals surface area contributed by atoms with Crippen molar-refractivity contribution in [2.24, 2.45) is 0 Å². The molecular formula is C20H21BO2. The van der Waals surface area contributed by atoms with Gasteiger partial charge in [0.15, 0.2) is 0 Å². The molecule has 1 fully saturated rings. The van der Waals surface area contributed by atoms with E-state index in [1.807, 2.05) is 0 Å². The smallest absolute Gasteiger partial charge is 0.399 e. The minimum atomic E-state index is -0.338. The van der Waals surface area contributed by atoms with E-state index in [4.69, 9.17) is 9.31 Å². The molecule has 0 aliphatic carbocycles. The highest BCUT2D eigenvalue weighted by Gasteiger charge is 2.52. The first-order valence-corrected chi connectivity index (χ1v) is 8.15. The van der Waals surface area contributed by atoms with Crippen molar-refractivity contribution in [1.29, 1.82) is 0 Å². The normalized spacial score (nSPS) is 19.6. The van der Waals surface area contributed by atoms with Crippen LogP contribution in [0.15, 0.2) is 54.6 Å². The molecular weight excluding hydrogens is 283 g/mol. The summed E-state index contributed by atoms with van der Waals surface area (Å²) in [5.74, 6) is 0. The fourth-order valence-electron chi connectivity index (χ4n) is 3.25. The summed E-state index contributed by atoms with van der Waals surface area (Å²) in [5, 5.41) is 4.93. The Hall–Kier alpha value is -1.84. The van der Waals surface area contributed by atoms with Gasteiger partial charge in [-0.25, -0.2) is 0 Å². The maximum atomic E-state index is 6.28. The number of benzene rings is 3. The highest BCUT2D eigenvalue weighted by Crippen LogP contribution is 2.37. The van der Waals surface area contributed by atoms with Crippen LogP contribution in [-0.4, -0.2) is 18.3 Å². The second kappa shape index (κ2) is 4.83. The van der Waals surface area contributed by atoms with Gasteiger partial charge in [-0.15, -0.1) is 0 Å². The fourth-order valence-corrected chi connectivity index (χ4v) is 3.25. The van der Waals surface area contributed by atoms with Crippen molar-refractivity contribution in [3.05, 3.63) is 54.6 Å². The van der Waals surface area contributed by atoms with Crippen LogP contribution in [0.4, 0.5) is 0 Å². The molecule has 1 saturated heterocycles. The van der Waals surface area contributed by atoms with E-state index in [1.165, 1.54) is 21.5 Å². The van der Waals surface area contributed by atoms with Gasteiger partial charge < -0.3 is 9.31 Å². The van der Waals surface area contributed by atoms with Crippen LogP contribution in [0.25, 0.3) is 21.5 Å². The zero-order valence-electron chi connectivity index (χ0n) is 14.1. The molecule has 3 aromatic rings. The van der Waals surface area contributed by atoms with E-state index >= 15 is 0 Å². The lowest BCUT2D eigenvalue weighted by Crippen LogP contribution is -2.41. The molecule has 0 unspecified atom stereocenters. The molecule has 1 aliphatic rings. The minimum absolute atomic E-state index is 0.329. The summed E-state index contributed by atoms with van der Waals surface area (Å²) in [7, 11) is -0.338. The Morgan fingerprint density at radius 2 is 1.22 bits per heavy atom. The molecule has 0 N–H and O–H groups in total. The summed E-state index contributed by atoms with van der Waals surface area (Å²) in [4.78, 5) is 0. The van der Waals surface area contributed by atoms with Gasteiger partial charge in [-0.1, -0.05) is 54.6 Å². The molecule has 23 heavy (non-hydrogen) atoms. The van der Waals surface area contributed by atoms with E-state index in [-0.39, 0.29) is 18.3 Å². The molecule has 0 saturated carbocycles. The van der Waals surface area contributed by atoms with Gasteiger partial charge >= 0.3 is 7.12 Å². The van der Waals surface area contributed by atoms with Crippen LogP contribution in [0.3, 0.4) is 0 Å². The zero-order valence-corrected chi connectivity index (χ0v) is 14.1. The Kier molecular flexibility index (Phi) is 3.09. The number of rotatable bonds is 1. The third-order valence-corrected chi connectivity index (χ3v) is 5.31. The van der Waals surface area contributed by atoms with Crippen molar-refractivity contribution in [1.82, 2.24) is 0 Å². The summed E-state index contributed by atoms with van der Waals surface area (Å²) in [6.07, 6.45) is 0. The van der Waals surface area contributed by atoms with Gasteiger partial charge in [-0.05, 0) is 54.7 Å². The van der Waals surface area contributed by atoms with Gasteiger partial charge in [0.25, 0.3) is 0 Å². The Morgan fingerprint density at radius 3 is 1.87 bits per heavy atom. The standard InChI is InChI=1S/C20H21BO2/c1-19(2)20(3,4)23-21(22-19)18-13-14-9-5-6-10-15(14)16-11-7-8-12-17(16)18/h5-13H,1-4H3. The third-order valence-electron chi connectivity index (χ3n) is 5.31. The number of fused-ring (bicyclic) bond motifs is 3. The number of hydrogen-bond donors (Lipinski definition) is 0. The SMILES string of the molecule is CC1(C)OB(c2cc3ccccc3c3ccccc23)OC1(C)C. The quantitative estimate of drug-likeness (QED) is 0.493. The topological polar surface area (TPSA) is 18.5 Å². The van der Waals surface area contributed by atoms with Gasteiger partial charge in [0.05, 0.1) is 11.2 Å². The van der Waals surface area contributed by atoms with E-state index in [0.29, 0.717) is 0 Å². The van der Waals surface area contributed by atoms with Crippen LogP contribution in [0, 0.1) is 0 Å². The lowest BCUT2D eigenvalue weighted by molar-refractivity contribution is 0.00578. The molecule has 1 aliphatic heterocycles. The maximum absolute atomic E-state index is 6.28. The molecule has 2 nitrogen and oxygen atoms in total. The molecule has 3 heteroatoms. The van der Waals surface area contributed by atoms with Gasteiger partial charge in [0.1, 0.15) is 0 Å². The molecule has 3 aromatic carbocycles. The molecule has 0 radical (unpaired) electrons. The highest BCUT2D eigenvalue weighted by molar-refractivity contribution is 6.65. The van der Waals surface area contributed by atoms with Crippen molar-refractivity contribution < 1.29 is 9.31 Å². The van der Waals surface area contributed by atoms with E-state index in [9.17, 15) is 0 Å². The predicted molar refractivity (Wildman–Crippen MR) is 97.2 cm³/mol. The average molecular weight is 304 g/mol. The van der Waals surface area contributed by atoms with Crippen LogP contribution >= 0.6 is 0 Å². The molecule has 0 spiro atoms. The lowest BCUT2D eigenvalue weighted by atomic mass is 9.75. The van der Waals surface area contributed by atoms with Crippen molar-refractivity contribution in [2.75, 3.05) is 0 Å². The fraction of sp³-hybridized carbons (Fsp3) is 0.300. The van der Waals surface area contributed by atoms with Gasteiger partial charge in [-0.2, -0.15) is 0 Å². The number of hydrogen-bond acceptors (Lipinski definition) is 2. The Labute approximate surface area is 137 Å². The first-order chi connectivity index (χ1) is 10.9. The summed E-state index contributed by atoms with van der Waals surface area (Å²) >= 11 is 0. The third kappa shape index (κ3) is 2.19. The molecule has 1 heterocycles. The van der Waals surface area contributed by atoms with Crippen LogP contribution in [0.2, 0.25) is 0 Å². The van der Waals surface area contributed by atoms with E-state index in [1.54, 1.807) is 0 Å². The van der Waals surface area contributed by atoms with Crippen LogP contribution in [-0.2, 0) is 9.31 Å². The van der Waals surface area contributed by atoms with Gasteiger partial charge in [-0.3, -0.25) is 0 Å². The van der Waals surface area contributed by atoms with Crippen LogP contribution in [0.1, 0.15) is 27.7 Å². The van der Waals surface area contributed by atoms with Crippen molar-refractivity contribution in [3.8, 4) is 0 Å². The maximum Gasteiger partial charge on any atom is 0.495 e. The predicted octanol–water partition coefficient (Wildman–Crippen LogP) is 4.29. The first kappa shape index (κ1) is 14.7. The summed E-state index contributed by atoms with van der Waals surface area (Å²) in [5.41, 5.74) is 0.451. The Balaban J connectivity index is 1.97. The largest absolute Gasteiger partial charge is 0.495 e. The molecule has 0 amide bonds. The molecule has 116 valence electrons. The summed E-state index contributed by atoms with van der Waals surface area (Å²) in [6, 6.07) is 19.2. The second-order valence-electron chi connectivity index (χ2n) is 7.32. The van der Waals surface area contributed by atoms with Gasteiger partial charge in [0.2, 0.25) is 0 Å². The van der Waals surface area contributed by atoms with Crippen molar-refractivity contribution in [3.63, 3.8) is 0 Å². The van der Waals surface area contributed by atoms with Crippen LogP contribution < -0.4 is 5.46 Å². The molecule has 0 bridgehead atoms. The molecule has 0 atom stereocenters. The van der Waals surface area contributed by atoms with Crippen molar-refractivity contribution >= 4 is 34.1 Å². The Morgan fingerprint density at radius 1 is 0.696 bits per heavy atom. The summed E-state index contributed by atoms with van der Waals surface area (Å²) in [6.45, 7) is 8.37. The monoisotopic (exact) mass is 304 g/mol. The van der Waals surface area contributed by atoms with E-state index in [0.717, 1.165) is 5.46 Å². The highest BCUT2D eigenvalue weighted by atomic mass is 16.7. The summed E-state index contributed by atoms with van der Waals surface area (Å²) < 4.78 is 12.6. The lowest BCUT2D eigenvalue weighted by Gasteiger charge is -2.32. The van der Waals surface area contributed by atoms with Gasteiger partial charge in [0, 0.05) is 0 Å². The first-order valence-electron chi connectivity index (χ1n) is 8.15.